The highest BCUT2D eigenvalue weighted by Gasteiger charge is 2.19. The van der Waals surface area contributed by atoms with Gasteiger partial charge in [-0.25, -0.2) is 8.42 Å². The third kappa shape index (κ3) is 4.80. The third-order valence-electron chi connectivity index (χ3n) is 4.71. The molecular formula is C23H24N2O4S. The van der Waals surface area contributed by atoms with E-state index >= 15 is 0 Å². The number of sulfonamides is 1. The Morgan fingerprint density at radius 2 is 1.57 bits per heavy atom. The lowest BCUT2D eigenvalue weighted by Crippen LogP contribution is -2.16. The lowest BCUT2D eigenvalue weighted by Gasteiger charge is -2.14. The van der Waals surface area contributed by atoms with E-state index in [1.165, 1.54) is 6.07 Å². The van der Waals surface area contributed by atoms with Crippen LogP contribution in [0.15, 0.2) is 65.6 Å². The predicted octanol–water partition coefficient (Wildman–Crippen LogP) is 4.67. The molecule has 7 heteroatoms. The maximum atomic E-state index is 13.0. The fourth-order valence-electron chi connectivity index (χ4n) is 3.04. The second-order valence-electron chi connectivity index (χ2n) is 7.09. The smallest absolute Gasteiger partial charge is 0.262 e. The molecule has 6 nitrogen and oxygen atoms in total. The van der Waals surface area contributed by atoms with Crippen LogP contribution in [-0.4, -0.2) is 21.4 Å². The summed E-state index contributed by atoms with van der Waals surface area (Å²) >= 11 is 0. The summed E-state index contributed by atoms with van der Waals surface area (Å²) in [7, 11) is -2.28. The zero-order valence-electron chi connectivity index (χ0n) is 17.3. The minimum atomic E-state index is -3.83. The predicted molar refractivity (Wildman–Crippen MR) is 119 cm³/mol. The van der Waals surface area contributed by atoms with E-state index in [9.17, 15) is 13.2 Å². The van der Waals surface area contributed by atoms with Gasteiger partial charge in [0.15, 0.2) is 0 Å². The van der Waals surface area contributed by atoms with Gasteiger partial charge in [0.1, 0.15) is 5.75 Å². The molecule has 0 aromatic heterocycles. The Labute approximate surface area is 177 Å². The van der Waals surface area contributed by atoms with Gasteiger partial charge in [-0.05, 0) is 74.4 Å². The quantitative estimate of drug-likeness (QED) is 0.602. The van der Waals surface area contributed by atoms with Gasteiger partial charge >= 0.3 is 0 Å². The molecule has 1 amide bonds. The number of methoxy groups -OCH3 is 1. The Morgan fingerprint density at radius 1 is 0.867 bits per heavy atom. The van der Waals surface area contributed by atoms with Crippen molar-refractivity contribution in [3.05, 3.63) is 82.9 Å². The number of aryl methyl sites for hydroxylation is 3. The molecule has 30 heavy (non-hydrogen) atoms. The molecule has 0 saturated carbocycles. The molecule has 0 aliphatic rings. The average Bonchev–Trinajstić information content (AvgIpc) is 2.71. The average molecular weight is 425 g/mol. The van der Waals surface area contributed by atoms with Crippen molar-refractivity contribution in [3.63, 3.8) is 0 Å². The molecule has 3 aromatic rings. The van der Waals surface area contributed by atoms with E-state index in [0.29, 0.717) is 28.3 Å². The van der Waals surface area contributed by atoms with Crippen molar-refractivity contribution in [1.29, 1.82) is 0 Å². The summed E-state index contributed by atoms with van der Waals surface area (Å²) in [6.45, 7) is 5.51. The molecule has 0 aliphatic carbocycles. The van der Waals surface area contributed by atoms with Crippen LogP contribution >= 0.6 is 0 Å². The lowest BCUT2D eigenvalue weighted by atomic mass is 10.1. The number of rotatable bonds is 6. The normalized spacial score (nSPS) is 11.1. The zero-order valence-corrected chi connectivity index (χ0v) is 18.1. The number of ether oxygens (including phenoxy) is 1. The van der Waals surface area contributed by atoms with Crippen molar-refractivity contribution in [2.75, 3.05) is 17.1 Å². The number of hydrogen-bond acceptors (Lipinski definition) is 4. The number of anilines is 2. The van der Waals surface area contributed by atoms with Gasteiger partial charge in [0.25, 0.3) is 15.9 Å². The third-order valence-corrected chi connectivity index (χ3v) is 6.22. The largest absolute Gasteiger partial charge is 0.497 e. The SMILES string of the molecule is COc1ccc(C(=O)Nc2ccc(C)c(S(=O)(=O)Nc3ccc(C)cc3C)c2)cc1. The van der Waals surface area contributed by atoms with E-state index in [0.717, 1.165) is 11.1 Å². The van der Waals surface area contributed by atoms with Gasteiger partial charge in [-0.3, -0.25) is 9.52 Å². The lowest BCUT2D eigenvalue weighted by molar-refractivity contribution is 0.102. The number of hydrogen-bond donors (Lipinski definition) is 2. The van der Waals surface area contributed by atoms with Crippen molar-refractivity contribution < 1.29 is 17.9 Å². The summed E-state index contributed by atoms with van der Waals surface area (Å²) in [5.41, 5.74) is 3.81. The van der Waals surface area contributed by atoms with Gasteiger partial charge in [0.2, 0.25) is 0 Å². The van der Waals surface area contributed by atoms with Crippen LogP contribution < -0.4 is 14.8 Å². The molecule has 0 bridgehead atoms. The molecule has 3 aromatic carbocycles. The molecule has 2 N–H and O–H groups in total. The first-order chi connectivity index (χ1) is 14.2. The summed E-state index contributed by atoms with van der Waals surface area (Å²) in [5.74, 6) is 0.305. The van der Waals surface area contributed by atoms with Crippen molar-refractivity contribution in [3.8, 4) is 5.75 Å². The first-order valence-corrected chi connectivity index (χ1v) is 10.8. The van der Waals surface area contributed by atoms with Crippen molar-refractivity contribution in [2.24, 2.45) is 0 Å². The summed E-state index contributed by atoms with van der Waals surface area (Å²) in [5, 5.41) is 2.75. The number of benzene rings is 3. The highest BCUT2D eigenvalue weighted by molar-refractivity contribution is 7.92. The molecule has 0 atom stereocenters. The van der Waals surface area contributed by atoms with Gasteiger partial charge in [-0.15, -0.1) is 0 Å². The molecule has 0 spiro atoms. The summed E-state index contributed by atoms with van der Waals surface area (Å²) in [4.78, 5) is 12.6. The van der Waals surface area contributed by atoms with E-state index in [2.05, 4.69) is 10.0 Å². The Morgan fingerprint density at radius 3 is 2.20 bits per heavy atom. The molecule has 0 radical (unpaired) electrons. The van der Waals surface area contributed by atoms with Crippen LogP contribution in [0.2, 0.25) is 0 Å². The van der Waals surface area contributed by atoms with Gasteiger partial charge in [0, 0.05) is 11.3 Å². The fraction of sp³-hybridized carbons (Fsp3) is 0.174. The highest BCUT2D eigenvalue weighted by Crippen LogP contribution is 2.25. The van der Waals surface area contributed by atoms with E-state index in [1.54, 1.807) is 56.5 Å². The molecule has 0 saturated heterocycles. The van der Waals surface area contributed by atoms with Crippen LogP contribution in [0.5, 0.6) is 5.75 Å². The number of amides is 1. The second kappa shape index (κ2) is 8.59. The standard InChI is InChI=1S/C23H24N2O4S/c1-15-5-12-21(17(3)13-15)25-30(27,28)22-14-19(9-6-16(22)2)24-23(26)18-7-10-20(29-4)11-8-18/h5-14,25H,1-4H3,(H,24,26). The molecule has 0 heterocycles. The Kier molecular flexibility index (Phi) is 6.12. The minimum absolute atomic E-state index is 0.106. The molecule has 156 valence electrons. The molecule has 0 aliphatic heterocycles. The van der Waals surface area contributed by atoms with Crippen LogP contribution in [0.1, 0.15) is 27.0 Å². The first-order valence-electron chi connectivity index (χ1n) is 9.36. The van der Waals surface area contributed by atoms with Crippen LogP contribution in [0.3, 0.4) is 0 Å². The Hall–Kier alpha value is -3.32. The molecule has 0 unspecified atom stereocenters. The van der Waals surface area contributed by atoms with Crippen molar-refractivity contribution in [1.82, 2.24) is 0 Å². The fourth-order valence-corrected chi connectivity index (χ4v) is 4.44. The second-order valence-corrected chi connectivity index (χ2v) is 8.74. The molecule has 3 rings (SSSR count). The van der Waals surface area contributed by atoms with Gasteiger partial charge in [-0.2, -0.15) is 0 Å². The molecular weight excluding hydrogens is 400 g/mol. The van der Waals surface area contributed by atoms with Gasteiger partial charge < -0.3 is 10.1 Å². The Bertz CT molecular complexity index is 1190. The van der Waals surface area contributed by atoms with E-state index < -0.39 is 10.0 Å². The highest BCUT2D eigenvalue weighted by atomic mass is 32.2. The van der Waals surface area contributed by atoms with Crippen LogP contribution in [-0.2, 0) is 10.0 Å². The number of carbonyl (C=O) groups excluding carboxylic acids is 1. The number of nitrogens with one attached hydrogen (secondary N) is 2. The monoisotopic (exact) mass is 424 g/mol. The molecule has 0 fully saturated rings. The number of carbonyl (C=O) groups is 1. The van der Waals surface area contributed by atoms with Gasteiger partial charge in [0.05, 0.1) is 17.7 Å². The summed E-state index contributed by atoms with van der Waals surface area (Å²) in [6, 6.07) is 17.0. The van der Waals surface area contributed by atoms with Crippen LogP contribution in [0.4, 0.5) is 11.4 Å². The summed E-state index contributed by atoms with van der Waals surface area (Å²) in [6.07, 6.45) is 0. The minimum Gasteiger partial charge on any atom is -0.497 e. The van der Waals surface area contributed by atoms with Crippen LogP contribution in [0, 0.1) is 20.8 Å². The maximum Gasteiger partial charge on any atom is 0.262 e. The van der Waals surface area contributed by atoms with Crippen molar-refractivity contribution >= 4 is 27.3 Å². The topological polar surface area (TPSA) is 84.5 Å². The van der Waals surface area contributed by atoms with Crippen LogP contribution in [0.25, 0.3) is 0 Å². The summed E-state index contributed by atoms with van der Waals surface area (Å²) < 4.78 is 33.7. The van der Waals surface area contributed by atoms with E-state index in [1.807, 2.05) is 26.0 Å². The zero-order chi connectivity index (χ0) is 21.9. The van der Waals surface area contributed by atoms with E-state index in [4.69, 9.17) is 4.74 Å². The first kappa shape index (κ1) is 21.4. The van der Waals surface area contributed by atoms with Crippen molar-refractivity contribution in [2.45, 2.75) is 25.7 Å². The van der Waals surface area contributed by atoms with E-state index in [-0.39, 0.29) is 10.8 Å². The Balaban J connectivity index is 1.85. The van der Waals surface area contributed by atoms with Gasteiger partial charge in [-0.1, -0.05) is 23.8 Å². The maximum absolute atomic E-state index is 13.0.